The van der Waals surface area contributed by atoms with Gasteiger partial charge < -0.3 is 18.5 Å². The fraction of sp³-hybridized carbons (Fsp3) is 0. The van der Waals surface area contributed by atoms with Crippen LogP contribution in [0.25, 0.3) is 87.7 Å². The Labute approximate surface area is 322 Å². The number of fused-ring (bicyclic) bond motifs is 11. The summed E-state index contributed by atoms with van der Waals surface area (Å²) in [5, 5.41) is 9.66. The normalized spacial score (nSPS) is 11.9. The number of anilines is 3. The monoisotopic (exact) mass is 715 g/mol. The SMILES string of the molecule is c1ccc(-n2c3ccccc3c3ccc(N(c4ccc(-n5c6ccccc6c6ccc7ccccc7c65)cc4)c4ccc5c(c4)oc4ccccc45)cc32)cc1. The molecule has 0 radical (unpaired) electrons. The number of nitrogens with zero attached hydrogens (tertiary/aromatic N) is 3. The van der Waals surface area contributed by atoms with Gasteiger partial charge in [-0.3, -0.25) is 0 Å². The Bertz CT molecular complexity index is 3480. The summed E-state index contributed by atoms with van der Waals surface area (Å²) in [6.45, 7) is 0. The van der Waals surface area contributed by atoms with Crippen LogP contribution < -0.4 is 4.90 Å². The highest BCUT2D eigenvalue weighted by molar-refractivity contribution is 6.18. The molecule has 9 aromatic carbocycles. The van der Waals surface area contributed by atoms with Gasteiger partial charge in [0, 0.05) is 72.2 Å². The summed E-state index contributed by atoms with van der Waals surface area (Å²) < 4.78 is 11.3. The summed E-state index contributed by atoms with van der Waals surface area (Å²) in [7, 11) is 0. The van der Waals surface area contributed by atoms with E-state index in [-0.39, 0.29) is 0 Å². The third kappa shape index (κ3) is 4.53. The number of hydrogen-bond donors (Lipinski definition) is 0. The molecule has 0 saturated heterocycles. The third-order valence-corrected chi connectivity index (χ3v) is 11.5. The van der Waals surface area contributed by atoms with E-state index in [0.717, 1.165) is 55.9 Å². The van der Waals surface area contributed by atoms with Crippen molar-refractivity contribution in [2.24, 2.45) is 0 Å². The zero-order chi connectivity index (χ0) is 36.7. The van der Waals surface area contributed by atoms with Crippen molar-refractivity contribution in [2.45, 2.75) is 0 Å². The van der Waals surface area contributed by atoms with Crippen molar-refractivity contribution in [1.82, 2.24) is 9.13 Å². The molecule has 0 aliphatic heterocycles. The van der Waals surface area contributed by atoms with Crippen LogP contribution in [0, 0.1) is 0 Å². The number of para-hydroxylation sites is 4. The van der Waals surface area contributed by atoms with E-state index in [1.807, 2.05) is 12.1 Å². The second-order valence-corrected chi connectivity index (χ2v) is 14.6. The van der Waals surface area contributed by atoms with Crippen LogP contribution in [0.3, 0.4) is 0 Å². The van der Waals surface area contributed by atoms with Gasteiger partial charge in [-0.2, -0.15) is 0 Å². The molecule has 12 rings (SSSR count). The number of hydrogen-bond acceptors (Lipinski definition) is 2. The van der Waals surface area contributed by atoms with Crippen molar-refractivity contribution in [3.63, 3.8) is 0 Å². The van der Waals surface area contributed by atoms with Gasteiger partial charge in [-0.05, 0) is 84.2 Å². The lowest BCUT2D eigenvalue weighted by molar-refractivity contribution is 0.669. The van der Waals surface area contributed by atoms with Gasteiger partial charge in [0.1, 0.15) is 11.2 Å². The van der Waals surface area contributed by atoms with E-state index in [1.54, 1.807) is 0 Å². The Kier molecular flexibility index (Phi) is 6.60. The summed E-state index contributed by atoms with van der Waals surface area (Å²) in [4.78, 5) is 2.35. The van der Waals surface area contributed by atoms with Gasteiger partial charge in [0.2, 0.25) is 0 Å². The number of rotatable bonds is 5. The first-order valence-corrected chi connectivity index (χ1v) is 19.1. The smallest absolute Gasteiger partial charge is 0.137 e. The molecule has 0 N–H and O–H groups in total. The van der Waals surface area contributed by atoms with Crippen LogP contribution in [0.4, 0.5) is 17.1 Å². The first kappa shape index (κ1) is 30.9. The van der Waals surface area contributed by atoms with E-state index < -0.39 is 0 Å². The van der Waals surface area contributed by atoms with E-state index in [2.05, 4.69) is 202 Å². The van der Waals surface area contributed by atoms with Crippen LogP contribution in [0.15, 0.2) is 205 Å². The van der Waals surface area contributed by atoms with Crippen LogP contribution in [0.1, 0.15) is 0 Å². The van der Waals surface area contributed by atoms with Gasteiger partial charge in [0.15, 0.2) is 0 Å². The molecule has 0 unspecified atom stereocenters. The van der Waals surface area contributed by atoms with E-state index in [4.69, 9.17) is 4.42 Å². The Morgan fingerprint density at radius 3 is 1.66 bits per heavy atom. The molecule has 12 aromatic rings. The maximum absolute atomic E-state index is 6.45. The minimum atomic E-state index is 0.863. The molecule has 0 saturated carbocycles. The molecule has 262 valence electrons. The first-order valence-electron chi connectivity index (χ1n) is 19.1. The summed E-state index contributed by atoms with van der Waals surface area (Å²) in [5.41, 5.74) is 11.9. The predicted octanol–water partition coefficient (Wildman–Crippen LogP) is 14.4. The lowest BCUT2D eigenvalue weighted by Crippen LogP contribution is -2.10. The summed E-state index contributed by atoms with van der Waals surface area (Å²) in [5.74, 6) is 0. The molecular formula is C52H33N3O. The number of aromatic nitrogens is 2. The average Bonchev–Trinajstić information content (AvgIpc) is 3.92. The highest BCUT2D eigenvalue weighted by atomic mass is 16.3. The molecule has 0 atom stereocenters. The number of benzene rings is 9. The minimum Gasteiger partial charge on any atom is -0.456 e. The van der Waals surface area contributed by atoms with Crippen molar-refractivity contribution >= 4 is 93.4 Å². The van der Waals surface area contributed by atoms with E-state index in [0.29, 0.717) is 0 Å². The molecule has 3 heterocycles. The van der Waals surface area contributed by atoms with Crippen LogP contribution in [0.5, 0.6) is 0 Å². The van der Waals surface area contributed by atoms with Crippen molar-refractivity contribution in [1.29, 1.82) is 0 Å². The van der Waals surface area contributed by atoms with E-state index >= 15 is 0 Å². The maximum atomic E-state index is 6.45. The molecule has 0 amide bonds. The number of furan rings is 1. The molecule has 0 aliphatic carbocycles. The molecule has 4 heteroatoms. The van der Waals surface area contributed by atoms with Gasteiger partial charge in [-0.25, -0.2) is 0 Å². The van der Waals surface area contributed by atoms with E-state index in [9.17, 15) is 0 Å². The summed E-state index contributed by atoms with van der Waals surface area (Å²) >= 11 is 0. The van der Waals surface area contributed by atoms with Crippen LogP contribution in [0.2, 0.25) is 0 Å². The molecule has 56 heavy (non-hydrogen) atoms. The lowest BCUT2D eigenvalue weighted by atomic mass is 10.1. The van der Waals surface area contributed by atoms with Crippen molar-refractivity contribution < 1.29 is 4.42 Å². The average molecular weight is 716 g/mol. The topological polar surface area (TPSA) is 26.2 Å². The van der Waals surface area contributed by atoms with Gasteiger partial charge in [0.25, 0.3) is 0 Å². The predicted molar refractivity (Wildman–Crippen MR) is 235 cm³/mol. The van der Waals surface area contributed by atoms with Crippen LogP contribution >= 0.6 is 0 Å². The molecule has 0 spiro atoms. The third-order valence-electron chi connectivity index (χ3n) is 11.5. The van der Waals surface area contributed by atoms with Gasteiger partial charge >= 0.3 is 0 Å². The van der Waals surface area contributed by atoms with Gasteiger partial charge in [0.05, 0.1) is 22.1 Å². The standard InChI is InChI=1S/C52H33N3O/c1-2-13-35(14-3-1)54-47-19-9-6-16-41(47)43-30-27-38(32-49(43)54)53(39-28-31-45-44-18-8-11-21-50(44)56-51(45)33-39)36-23-25-37(26-24-36)55-48-20-10-7-17-42(48)46-29-22-34-12-4-5-15-40(34)52(46)55/h1-33H. The van der Waals surface area contributed by atoms with Crippen molar-refractivity contribution in [2.75, 3.05) is 4.90 Å². The van der Waals surface area contributed by atoms with Crippen LogP contribution in [-0.2, 0) is 0 Å². The molecular weight excluding hydrogens is 683 g/mol. The van der Waals surface area contributed by atoms with Crippen molar-refractivity contribution in [3.05, 3.63) is 200 Å². The molecule has 4 nitrogen and oxygen atoms in total. The summed E-state index contributed by atoms with van der Waals surface area (Å²) in [6, 6.07) is 72.0. The lowest BCUT2D eigenvalue weighted by Gasteiger charge is -2.26. The Balaban J connectivity index is 1.08. The quantitative estimate of drug-likeness (QED) is 0.177. The minimum absolute atomic E-state index is 0.863. The summed E-state index contributed by atoms with van der Waals surface area (Å²) in [6.07, 6.45) is 0. The first-order chi connectivity index (χ1) is 27.8. The highest BCUT2D eigenvalue weighted by Gasteiger charge is 2.20. The fourth-order valence-electron chi connectivity index (χ4n) is 9.00. The van der Waals surface area contributed by atoms with Gasteiger partial charge in [-0.1, -0.05) is 115 Å². The molecule has 0 bridgehead atoms. The largest absolute Gasteiger partial charge is 0.456 e. The Morgan fingerprint density at radius 2 is 0.857 bits per heavy atom. The fourth-order valence-corrected chi connectivity index (χ4v) is 9.00. The van der Waals surface area contributed by atoms with Crippen molar-refractivity contribution in [3.8, 4) is 11.4 Å². The molecule has 0 aliphatic rings. The highest BCUT2D eigenvalue weighted by Crippen LogP contribution is 2.43. The second kappa shape index (κ2) is 12.0. The maximum Gasteiger partial charge on any atom is 0.137 e. The second-order valence-electron chi connectivity index (χ2n) is 14.6. The Morgan fingerprint density at radius 1 is 0.321 bits per heavy atom. The molecule has 3 aromatic heterocycles. The Hall–Kier alpha value is -7.56. The van der Waals surface area contributed by atoms with E-state index in [1.165, 1.54) is 48.9 Å². The zero-order valence-electron chi connectivity index (χ0n) is 30.3. The van der Waals surface area contributed by atoms with Crippen LogP contribution in [-0.4, -0.2) is 9.13 Å². The zero-order valence-corrected chi connectivity index (χ0v) is 30.3. The molecule has 0 fully saturated rings. The van der Waals surface area contributed by atoms with Gasteiger partial charge in [-0.15, -0.1) is 0 Å².